The normalized spacial score (nSPS) is 10.8. The zero-order valence-electron chi connectivity index (χ0n) is 13.0. The van der Waals surface area contributed by atoms with Gasteiger partial charge in [0.1, 0.15) is 5.82 Å². The summed E-state index contributed by atoms with van der Waals surface area (Å²) in [5.74, 6) is 0.494. The van der Waals surface area contributed by atoms with Crippen LogP contribution in [0, 0.1) is 0 Å². The van der Waals surface area contributed by atoms with Gasteiger partial charge in [-0.15, -0.1) is 0 Å². The van der Waals surface area contributed by atoms with Crippen LogP contribution in [0.1, 0.15) is 0 Å². The number of anilines is 4. The minimum Gasteiger partial charge on any atom is -0.399 e. The maximum atomic E-state index is 5.67. The van der Waals surface area contributed by atoms with Crippen LogP contribution < -0.4 is 21.9 Å². The Balaban J connectivity index is 1.87. The van der Waals surface area contributed by atoms with Crippen LogP contribution in [0.2, 0.25) is 0 Å². The van der Waals surface area contributed by atoms with E-state index in [1.807, 2.05) is 48.5 Å². The summed E-state index contributed by atoms with van der Waals surface area (Å²) in [6.45, 7) is 3.77. The number of rotatable bonds is 7. The van der Waals surface area contributed by atoms with Crippen molar-refractivity contribution in [1.29, 1.82) is 0 Å². The van der Waals surface area contributed by atoms with Gasteiger partial charge in [0.2, 0.25) is 0 Å². The summed E-state index contributed by atoms with van der Waals surface area (Å²) in [6, 6.07) is 15.4. The Morgan fingerprint density at radius 2 is 1.52 bits per heavy atom. The number of hydrazine groups is 1. The molecule has 0 fully saturated rings. The van der Waals surface area contributed by atoms with Crippen LogP contribution >= 0.6 is 0 Å². The molecule has 0 aromatic heterocycles. The molecule has 2 aromatic rings. The molecule has 0 unspecified atom stereocenters. The quantitative estimate of drug-likeness (QED) is 0.359. The van der Waals surface area contributed by atoms with Gasteiger partial charge in [-0.3, -0.25) is 15.8 Å². The van der Waals surface area contributed by atoms with E-state index in [-0.39, 0.29) is 0 Å². The molecule has 6 heteroatoms. The Bertz CT molecular complexity index is 686. The second-order valence-electron chi connectivity index (χ2n) is 4.71. The van der Waals surface area contributed by atoms with E-state index in [2.05, 4.69) is 32.7 Å². The van der Waals surface area contributed by atoms with Crippen LogP contribution in [0.25, 0.3) is 0 Å². The van der Waals surface area contributed by atoms with Gasteiger partial charge in [0.05, 0.1) is 5.69 Å². The van der Waals surface area contributed by atoms with Crippen LogP contribution in [0.15, 0.2) is 70.9 Å². The molecule has 0 amide bonds. The van der Waals surface area contributed by atoms with Crippen molar-refractivity contribution in [3.8, 4) is 0 Å². The minimum atomic E-state index is 0.494. The molecule has 0 aliphatic carbocycles. The molecule has 6 nitrogen and oxygen atoms in total. The summed E-state index contributed by atoms with van der Waals surface area (Å²) in [4.78, 5) is 7.84. The summed E-state index contributed by atoms with van der Waals surface area (Å²) in [5, 5.41) is 3.30. The fraction of sp³-hybridized carbons (Fsp3) is 0.0588. The van der Waals surface area contributed by atoms with Crippen molar-refractivity contribution in [3.63, 3.8) is 0 Å². The highest BCUT2D eigenvalue weighted by Gasteiger charge is 1.96. The molecule has 23 heavy (non-hydrogen) atoms. The van der Waals surface area contributed by atoms with Gasteiger partial charge in [0.15, 0.2) is 0 Å². The van der Waals surface area contributed by atoms with Crippen LogP contribution in [-0.2, 0) is 0 Å². The summed E-state index contributed by atoms with van der Waals surface area (Å²) in [5.41, 5.74) is 15.2. The van der Waals surface area contributed by atoms with Crippen molar-refractivity contribution in [1.82, 2.24) is 5.43 Å². The van der Waals surface area contributed by atoms with Crippen molar-refractivity contribution in [3.05, 3.63) is 60.9 Å². The van der Waals surface area contributed by atoms with E-state index >= 15 is 0 Å². The molecule has 118 valence electrons. The number of nitrogen functional groups attached to an aromatic ring is 1. The van der Waals surface area contributed by atoms with Gasteiger partial charge < -0.3 is 11.1 Å². The number of nitrogens with two attached hydrogens (primary N) is 1. The first-order valence-electron chi connectivity index (χ1n) is 7.06. The van der Waals surface area contributed by atoms with Crippen molar-refractivity contribution >= 4 is 35.2 Å². The van der Waals surface area contributed by atoms with Crippen LogP contribution in [0.5, 0.6) is 0 Å². The Hall–Kier alpha value is -3.28. The number of nitrogens with one attached hydrogen (secondary N) is 3. The highest BCUT2D eigenvalue weighted by Crippen LogP contribution is 2.19. The summed E-state index contributed by atoms with van der Waals surface area (Å²) in [7, 11) is 1.68. The van der Waals surface area contributed by atoms with E-state index < -0.39 is 0 Å². The van der Waals surface area contributed by atoms with Crippen LogP contribution in [0.4, 0.5) is 22.7 Å². The molecule has 2 rings (SSSR count). The van der Waals surface area contributed by atoms with E-state index in [1.54, 1.807) is 19.5 Å². The lowest BCUT2D eigenvalue weighted by Crippen LogP contribution is -2.19. The molecule has 0 atom stereocenters. The zero-order chi connectivity index (χ0) is 16.5. The largest absolute Gasteiger partial charge is 0.399 e. The summed E-state index contributed by atoms with van der Waals surface area (Å²) >= 11 is 0. The smallest absolute Gasteiger partial charge is 0.137 e. The molecule has 0 saturated heterocycles. The van der Waals surface area contributed by atoms with Gasteiger partial charge in [-0.1, -0.05) is 6.58 Å². The minimum absolute atomic E-state index is 0.494. The van der Waals surface area contributed by atoms with Gasteiger partial charge in [0.25, 0.3) is 0 Å². The highest BCUT2D eigenvalue weighted by molar-refractivity contribution is 6.16. The van der Waals surface area contributed by atoms with Crippen molar-refractivity contribution in [2.24, 2.45) is 9.98 Å². The number of benzene rings is 2. The first kappa shape index (κ1) is 16.1. The van der Waals surface area contributed by atoms with Crippen molar-refractivity contribution in [2.45, 2.75) is 0 Å². The third-order valence-corrected chi connectivity index (χ3v) is 2.88. The molecule has 0 heterocycles. The van der Waals surface area contributed by atoms with Gasteiger partial charge in [-0.2, -0.15) is 0 Å². The SMILES string of the molecule is C=C(N=CC=NC)NNc1ccc(Nc2ccc(N)cc2)cc1. The molecule has 0 aliphatic heterocycles. The van der Waals surface area contributed by atoms with Crippen molar-refractivity contribution < 1.29 is 0 Å². The van der Waals surface area contributed by atoms with Gasteiger partial charge in [-0.25, -0.2) is 4.99 Å². The lowest BCUT2D eigenvalue weighted by Gasteiger charge is -2.10. The van der Waals surface area contributed by atoms with Gasteiger partial charge >= 0.3 is 0 Å². The average Bonchev–Trinajstić information content (AvgIpc) is 2.57. The molecule has 2 aromatic carbocycles. The molecule has 0 saturated carbocycles. The van der Waals surface area contributed by atoms with Crippen LogP contribution in [-0.4, -0.2) is 19.5 Å². The van der Waals surface area contributed by atoms with E-state index in [0.29, 0.717) is 5.82 Å². The Kier molecular flexibility index (Phi) is 5.76. The van der Waals surface area contributed by atoms with Crippen molar-refractivity contribution in [2.75, 3.05) is 23.5 Å². The molecule has 0 spiro atoms. The van der Waals surface area contributed by atoms with Crippen LogP contribution in [0.3, 0.4) is 0 Å². The van der Waals surface area contributed by atoms with Gasteiger partial charge in [-0.05, 0) is 48.5 Å². The average molecular weight is 308 g/mol. The molecule has 0 aliphatic rings. The predicted octanol–water partition coefficient (Wildman–Crippen LogP) is 3.17. The Morgan fingerprint density at radius 3 is 2.13 bits per heavy atom. The van der Waals surface area contributed by atoms with E-state index in [1.165, 1.54) is 0 Å². The standard InChI is InChI=1S/C17H20N6/c1-13(20-12-11-19-2)22-23-17-9-7-16(8-10-17)21-15-5-3-14(18)4-6-15/h3-12,21-23H,1,18H2,2H3. The summed E-state index contributed by atoms with van der Waals surface area (Å²) < 4.78 is 0. The van der Waals surface area contributed by atoms with E-state index in [9.17, 15) is 0 Å². The monoisotopic (exact) mass is 308 g/mol. The fourth-order valence-electron chi connectivity index (χ4n) is 1.74. The molecule has 0 radical (unpaired) electrons. The molecular weight excluding hydrogens is 288 g/mol. The number of nitrogens with zero attached hydrogens (tertiary/aromatic N) is 2. The summed E-state index contributed by atoms with van der Waals surface area (Å²) in [6.07, 6.45) is 3.15. The third kappa shape index (κ3) is 5.55. The predicted molar refractivity (Wildman–Crippen MR) is 99.4 cm³/mol. The Labute approximate surface area is 135 Å². The lowest BCUT2D eigenvalue weighted by atomic mass is 10.2. The molecular formula is C17H20N6. The fourth-order valence-corrected chi connectivity index (χ4v) is 1.74. The number of hydrogen-bond acceptors (Lipinski definition) is 6. The third-order valence-electron chi connectivity index (χ3n) is 2.88. The van der Waals surface area contributed by atoms with E-state index in [0.717, 1.165) is 22.7 Å². The first-order valence-corrected chi connectivity index (χ1v) is 7.06. The number of aliphatic imine (C=N–C) groups is 2. The maximum absolute atomic E-state index is 5.67. The van der Waals surface area contributed by atoms with Gasteiger partial charge in [0, 0.05) is 36.5 Å². The number of hydrogen-bond donors (Lipinski definition) is 4. The van der Waals surface area contributed by atoms with E-state index in [4.69, 9.17) is 5.73 Å². The second-order valence-corrected chi connectivity index (χ2v) is 4.71. The molecule has 5 N–H and O–H groups in total. The highest BCUT2D eigenvalue weighted by atomic mass is 15.4. The topological polar surface area (TPSA) is 86.8 Å². The zero-order valence-corrected chi connectivity index (χ0v) is 13.0. The second kappa shape index (κ2) is 8.23. The lowest BCUT2D eigenvalue weighted by molar-refractivity contribution is 0.951. The molecule has 0 bridgehead atoms. The Morgan fingerprint density at radius 1 is 0.957 bits per heavy atom. The maximum Gasteiger partial charge on any atom is 0.137 e. The first-order chi connectivity index (χ1) is 11.2.